The SMILES string of the molecule is CC1(C)CC(=O)C(c2nc3ccccc3o2)=C(O)C1. The number of benzene rings is 1. The number of aliphatic hydroxyl groups is 1. The molecule has 0 saturated heterocycles. The van der Waals surface area contributed by atoms with Crippen molar-refractivity contribution in [3.05, 3.63) is 35.9 Å². The zero-order valence-corrected chi connectivity index (χ0v) is 10.9. The second kappa shape index (κ2) is 3.95. The van der Waals surface area contributed by atoms with E-state index in [1.807, 2.05) is 32.0 Å². The molecule has 1 heterocycles. The van der Waals surface area contributed by atoms with Crippen LogP contribution < -0.4 is 0 Å². The summed E-state index contributed by atoms with van der Waals surface area (Å²) in [4.78, 5) is 16.5. The summed E-state index contributed by atoms with van der Waals surface area (Å²) in [5.74, 6) is 0.187. The van der Waals surface area contributed by atoms with Gasteiger partial charge in [0.1, 0.15) is 16.8 Å². The van der Waals surface area contributed by atoms with Gasteiger partial charge in [-0.05, 0) is 17.5 Å². The van der Waals surface area contributed by atoms with Crippen molar-refractivity contribution in [2.45, 2.75) is 26.7 Å². The maximum atomic E-state index is 12.2. The van der Waals surface area contributed by atoms with E-state index >= 15 is 0 Å². The molecule has 0 saturated carbocycles. The molecule has 0 bridgehead atoms. The molecule has 1 aliphatic carbocycles. The van der Waals surface area contributed by atoms with Gasteiger partial charge in [-0.3, -0.25) is 4.79 Å². The fourth-order valence-electron chi connectivity index (χ4n) is 2.51. The number of aromatic nitrogens is 1. The minimum atomic E-state index is -0.212. The average Bonchev–Trinajstić information content (AvgIpc) is 2.68. The van der Waals surface area contributed by atoms with Gasteiger partial charge in [0.2, 0.25) is 5.89 Å². The molecular formula is C15H15NO3. The minimum absolute atomic E-state index is 0.0767. The molecular weight excluding hydrogens is 242 g/mol. The third kappa shape index (κ3) is 2.03. The molecule has 4 nitrogen and oxygen atoms in total. The molecule has 1 aromatic heterocycles. The molecule has 0 atom stereocenters. The van der Waals surface area contributed by atoms with Crippen LogP contribution in [0.2, 0.25) is 0 Å². The Hall–Kier alpha value is -2.10. The van der Waals surface area contributed by atoms with Gasteiger partial charge < -0.3 is 9.52 Å². The fourth-order valence-corrected chi connectivity index (χ4v) is 2.51. The van der Waals surface area contributed by atoms with Crippen molar-refractivity contribution in [1.82, 2.24) is 4.98 Å². The molecule has 0 unspecified atom stereocenters. The van der Waals surface area contributed by atoms with Crippen molar-refractivity contribution in [2.24, 2.45) is 5.41 Å². The highest BCUT2D eigenvalue weighted by molar-refractivity contribution is 6.21. The molecule has 0 radical (unpaired) electrons. The highest BCUT2D eigenvalue weighted by Crippen LogP contribution is 2.39. The predicted molar refractivity (Wildman–Crippen MR) is 71.6 cm³/mol. The predicted octanol–water partition coefficient (Wildman–Crippen LogP) is 3.49. The summed E-state index contributed by atoms with van der Waals surface area (Å²) in [5, 5.41) is 10.1. The van der Waals surface area contributed by atoms with Gasteiger partial charge in [-0.1, -0.05) is 26.0 Å². The molecule has 3 rings (SSSR count). The quantitative estimate of drug-likeness (QED) is 0.849. The Morgan fingerprint density at radius 1 is 1.26 bits per heavy atom. The van der Waals surface area contributed by atoms with E-state index < -0.39 is 0 Å². The molecule has 0 aliphatic heterocycles. The van der Waals surface area contributed by atoms with Gasteiger partial charge in [0.15, 0.2) is 11.4 Å². The van der Waals surface area contributed by atoms with E-state index in [9.17, 15) is 9.90 Å². The van der Waals surface area contributed by atoms with Crippen LogP contribution in [0.3, 0.4) is 0 Å². The molecule has 19 heavy (non-hydrogen) atoms. The number of allylic oxidation sites excluding steroid dienone is 2. The van der Waals surface area contributed by atoms with Crippen molar-refractivity contribution in [3.63, 3.8) is 0 Å². The highest BCUT2D eigenvalue weighted by atomic mass is 16.4. The second-order valence-corrected chi connectivity index (χ2v) is 5.75. The third-order valence-corrected chi connectivity index (χ3v) is 3.36. The van der Waals surface area contributed by atoms with E-state index in [1.54, 1.807) is 6.07 Å². The summed E-state index contributed by atoms with van der Waals surface area (Å²) in [6, 6.07) is 7.31. The van der Waals surface area contributed by atoms with Crippen LogP contribution in [-0.2, 0) is 4.79 Å². The van der Waals surface area contributed by atoms with Gasteiger partial charge in [0.25, 0.3) is 0 Å². The Morgan fingerprint density at radius 2 is 2.00 bits per heavy atom. The molecule has 98 valence electrons. The number of rotatable bonds is 1. The van der Waals surface area contributed by atoms with Crippen molar-refractivity contribution in [3.8, 4) is 0 Å². The summed E-state index contributed by atoms with van der Waals surface area (Å²) in [5.41, 5.74) is 1.33. The number of para-hydroxylation sites is 2. The van der Waals surface area contributed by atoms with E-state index in [-0.39, 0.29) is 28.4 Å². The number of oxazole rings is 1. The molecule has 0 spiro atoms. The van der Waals surface area contributed by atoms with Gasteiger partial charge >= 0.3 is 0 Å². The van der Waals surface area contributed by atoms with Crippen LogP contribution in [0.4, 0.5) is 0 Å². The fraction of sp³-hybridized carbons (Fsp3) is 0.333. The van der Waals surface area contributed by atoms with Gasteiger partial charge in [0, 0.05) is 12.8 Å². The summed E-state index contributed by atoms with van der Waals surface area (Å²) in [7, 11) is 0. The number of aliphatic hydroxyl groups excluding tert-OH is 1. The van der Waals surface area contributed by atoms with E-state index in [4.69, 9.17) is 4.42 Å². The number of Topliss-reactive ketones (excluding diaryl/α,β-unsaturated/α-hetero) is 1. The van der Waals surface area contributed by atoms with Crippen molar-refractivity contribution < 1.29 is 14.3 Å². The summed E-state index contributed by atoms with van der Waals surface area (Å²) in [6.07, 6.45) is 0.859. The van der Waals surface area contributed by atoms with Crippen LogP contribution in [0, 0.1) is 5.41 Å². The Morgan fingerprint density at radius 3 is 2.68 bits per heavy atom. The first-order chi connectivity index (χ1) is 8.96. The highest BCUT2D eigenvalue weighted by Gasteiger charge is 2.35. The smallest absolute Gasteiger partial charge is 0.234 e. The lowest BCUT2D eigenvalue weighted by molar-refractivity contribution is -0.116. The second-order valence-electron chi connectivity index (χ2n) is 5.75. The Balaban J connectivity index is 2.12. The molecule has 4 heteroatoms. The average molecular weight is 257 g/mol. The van der Waals surface area contributed by atoms with Crippen molar-refractivity contribution in [2.75, 3.05) is 0 Å². The maximum Gasteiger partial charge on any atom is 0.234 e. The van der Waals surface area contributed by atoms with E-state index in [1.165, 1.54) is 0 Å². The van der Waals surface area contributed by atoms with Crippen molar-refractivity contribution in [1.29, 1.82) is 0 Å². The number of nitrogens with zero attached hydrogens (tertiary/aromatic N) is 1. The normalized spacial score (nSPS) is 19.2. The number of carbonyl (C=O) groups is 1. The zero-order valence-electron chi connectivity index (χ0n) is 10.9. The third-order valence-electron chi connectivity index (χ3n) is 3.36. The summed E-state index contributed by atoms with van der Waals surface area (Å²) in [6.45, 7) is 3.92. The van der Waals surface area contributed by atoms with Gasteiger partial charge in [-0.2, -0.15) is 0 Å². The number of hydrogen-bond acceptors (Lipinski definition) is 4. The molecule has 1 N–H and O–H groups in total. The van der Waals surface area contributed by atoms with Crippen LogP contribution in [0.25, 0.3) is 16.7 Å². The van der Waals surface area contributed by atoms with E-state index in [2.05, 4.69) is 4.98 Å². The molecule has 2 aromatic rings. The Labute approximate surface area is 110 Å². The summed E-state index contributed by atoms with van der Waals surface area (Å²) >= 11 is 0. The van der Waals surface area contributed by atoms with Gasteiger partial charge in [-0.25, -0.2) is 4.98 Å². The largest absolute Gasteiger partial charge is 0.511 e. The van der Waals surface area contributed by atoms with Crippen molar-refractivity contribution >= 4 is 22.5 Å². The van der Waals surface area contributed by atoms with Gasteiger partial charge in [0.05, 0.1) is 0 Å². The van der Waals surface area contributed by atoms with Crippen LogP contribution >= 0.6 is 0 Å². The monoisotopic (exact) mass is 257 g/mol. The van der Waals surface area contributed by atoms with E-state index in [0.29, 0.717) is 23.9 Å². The lowest BCUT2D eigenvalue weighted by Crippen LogP contribution is -2.25. The Kier molecular flexibility index (Phi) is 2.49. The minimum Gasteiger partial charge on any atom is -0.511 e. The van der Waals surface area contributed by atoms with Crippen LogP contribution in [0.15, 0.2) is 34.4 Å². The van der Waals surface area contributed by atoms with Gasteiger partial charge in [-0.15, -0.1) is 0 Å². The standard InChI is InChI=1S/C15H15NO3/c1-15(2)7-10(17)13(11(18)8-15)14-16-9-5-3-4-6-12(9)19-14/h3-6,17H,7-8H2,1-2H3. The number of carbonyl (C=O) groups excluding carboxylic acids is 1. The first-order valence-electron chi connectivity index (χ1n) is 6.27. The van der Waals surface area contributed by atoms with Crippen LogP contribution in [-0.4, -0.2) is 15.9 Å². The molecule has 0 amide bonds. The first kappa shape index (κ1) is 12.0. The molecule has 1 aliphatic rings. The number of fused-ring (bicyclic) bond motifs is 1. The van der Waals surface area contributed by atoms with Crippen LogP contribution in [0.1, 0.15) is 32.6 Å². The maximum absolute atomic E-state index is 12.2. The van der Waals surface area contributed by atoms with Crippen LogP contribution in [0.5, 0.6) is 0 Å². The zero-order chi connectivity index (χ0) is 13.6. The number of hydrogen-bond donors (Lipinski definition) is 1. The first-order valence-corrected chi connectivity index (χ1v) is 6.27. The topological polar surface area (TPSA) is 63.3 Å². The lowest BCUT2D eigenvalue weighted by atomic mass is 9.76. The lowest BCUT2D eigenvalue weighted by Gasteiger charge is -2.28. The van der Waals surface area contributed by atoms with E-state index in [0.717, 1.165) is 0 Å². The molecule has 0 fully saturated rings. The summed E-state index contributed by atoms with van der Waals surface area (Å²) < 4.78 is 5.57. The molecule has 1 aromatic carbocycles. The Bertz CT molecular complexity index is 661. The number of ketones is 1.